The molecule has 22 heavy (non-hydrogen) atoms. The van der Waals surface area contributed by atoms with Crippen LogP contribution in [0.5, 0.6) is 5.75 Å². The number of hydrogen-bond acceptors (Lipinski definition) is 4. The van der Waals surface area contributed by atoms with Gasteiger partial charge in [-0.2, -0.15) is 0 Å². The molecule has 0 heterocycles. The van der Waals surface area contributed by atoms with Crippen LogP contribution in [-0.4, -0.2) is 40.8 Å². The number of methoxy groups -OCH3 is 1. The van der Waals surface area contributed by atoms with Crippen molar-refractivity contribution < 1.29 is 17.9 Å². The number of nitrogens with zero attached hydrogens (tertiary/aromatic N) is 1. The van der Waals surface area contributed by atoms with Gasteiger partial charge in [0.2, 0.25) is 15.9 Å². The third-order valence-corrected chi connectivity index (χ3v) is 4.16. The molecule has 0 aliphatic heterocycles. The molecule has 0 spiro atoms. The van der Waals surface area contributed by atoms with E-state index in [1.54, 1.807) is 24.3 Å². The second-order valence-corrected chi connectivity index (χ2v) is 7.36. The summed E-state index contributed by atoms with van der Waals surface area (Å²) in [5.41, 5.74) is 0.464. The molecular weight excluding hydrogens is 304 g/mol. The average molecular weight is 328 g/mol. The summed E-state index contributed by atoms with van der Waals surface area (Å²) in [5.74, 6) is 0.658. The van der Waals surface area contributed by atoms with Crippen LogP contribution in [0.3, 0.4) is 0 Å². The van der Waals surface area contributed by atoms with Crippen LogP contribution in [0.15, 0.2) is 24.3 Å². The second kappa shape index (κ2) is 8.03. The van der Waals surface area contributed by atoms with Gasteiger partial charge in [-0.3, -0.25) is 9.10 Å². The standard InChI is InChI=1S/C15H24N2O4S/c1-12(2)11-15(18)16-9-10-17(22(4,19)20)13-7-5-6-8-14(13)21-3/h5-8,12H,9-11H2,1-4H3,(H,16,18). The number of carbonyl (C=O) groups excluding carboxylic acids is 1. The monoisotopic (exact) mass is 328 g/mol. The Morgan fingerprint density at radius 3 is 2.50 bits per heavy atom. The predicted octanol–water partition coefficient (Wildman–Crippen LogP) is 1.62. The second-order valence-electron chi connectivity index (χ2n) is 5.45. The van der Waals surface area contributed by atoms with Crippen molar-refractivity contribution in [1.29, 1.82) is 0 Å². The number of amides is 1. The molecule has 7 heteroatoms. The van der Waals surface area contributed by atoms with Gasteiger partial charge in [0.15, 0.2) is 0 Å². The van der Waals surface area contributed by atoms with Gasteiger partial charge in [-0.25, -0.2) is 8.42 Å². The van der Waals surface area contributed by atoms with Gasteiger partial charge >= 0.3 is 0 Å². The summed E-state index contributed by atoms with van der Waals surface area (Å²) < 4.78 is 30.5. The van der Waals surface area contributed by atoms with Crippen LogP contribution in [0, 0.1) is 5.92 Å². The first-order chi connectivity index (χ1) is 10.3. The lowest BCUT2D eigenvalue weighted by Gasteiger charge is -2.24. The van der Waals surface area contributed by atoms with E-state index in [0.717, 1.165) is 6.26 Å². The smallest absolute Gasteiger partial charge is 0.232 e. The fourth-order valence-electron chi connectivity index (χ4n) is 2.04. The average Bonchev–Trinajstić information content (AvgIpc) is 2.41. The van der Waals surface area contributed by atoms with E-state index in [1.807, 2.05) is 13.8 Å². The van der Waals surface area contributed by atoms with Crippen molar-refractivity contribution in [3.8, 4) is 5.75 Å². The lowest BCUT2D eigenvalue weighted by molar-refractivity contribution is -0.121. The zero-order valence-corrected chi connectivity index (χ0v) is 14.3. The van der Waals surface area contributed by atoms with Crippen molar-refractivity contribution in [2.45, 2.75) is 20.3 Å². The summed E-state index contributed by atoms with van der Waals surface area (Å²) in [5, 5.41) is 2.74. The van der Waals surface area contributed by atoms with E-state index in [0.29, 0.717) is 17.9 Å². The first-order valence-corrected chi connectivity index (χ1v) is 8.98. The topological polar surface area (TPSA) is 75.7 Å². The number of sulfonamides is 1. The van der Waals surface area contributed by atoms with Crippen molar-refractivity contribution in [3.05, 3.63) is 24.3 Å². The number of ether oxygens (including phenoxy) is 1. The minimum atomic E-state index is -3.47. The predicted molar refractivity (Wildman–Crippen MR) is 87.6 cm³/mol. The fraction of sp³-hybridized carbons (Fsp3) is 0.533. The molecule has 1 N–H and O–H groups in total. The van der Waals surface area contributed by atoms with Gasteiger partial charge < -0.3 is 10.1 Å². The summed E-state index contributed by atoms with van der Waals surface area (Å²) in [6.07, 6.45) is 1.56. The quantitative estimate of drug-likeness (QED) is 0.787. The number of benzene rings is 1. The van der Waals surface area contributed by atoms with E-state index in [-0.39, 0.29) is 24.9 Å². The molecule has 1 aromatic rings. The van der Waals surface area contributed by atoms with Crippen LogP contribution in [0.1, 0.15) is 20.3 Å². The molecule has 0 fully saturated rings. The van der Waals surface area contributed by atoms with Gasteiger partial charge in [-0.05, 0) is 18.1 Å². The van der Waals surface area contributed by atoms with Gasteiger partial charge in [-0.1, -0.05) is 26.0 Å². The largest absolute Gasteiger partial charge is 0.495 e. The summed E-state index contributed by atoms with van der Waals surface area (Å²) in [6.45, 7) is 4.31. The molecule has 0 saturated carbocycles. The fourth-order valence-corrected chi connectivity index (χ4v) is 2.97. The van der Waals surface area contributed by atoms with Gasteiger partial charge in [-0.15, -0.1) is 0 Å². The SMILES string of the molecule is COc1ccccc1N(CCNC(=O)CC(C)C)S(C)(=O)=O. The van der Waals surface area contributed by atoms with Crippen LogP contribution in [0.25, 0.3) is 0 Å². The van der Waals surface area contributed by atoms with Crippen molar-refractivity contribution in [3.63, 3.8) is 0 Å². The molecule has 124 valence electrons. The van der Waals surface area contributed by atoms with Crippen LogP contribution >= 0.6 is 0 Å². The normalized spacial score (nSPS) is 11.3. The Bertz CT molecular complexity index is 599. The van der Waals surface area contributed by atoms with Gasteiger partial charge in [0.1, 0.15) is 5.75 Å². The molecule has 0 aliphatic carbocycles. The maximum Gasteiger partial charge on any atom is 0.232 e. The number of anilines is 1. The van der Waals surface area contributed by atoms with Crippen LogP contribution in [0.2, 0.25) is 0 Å². The van der Waals surface area contributed by atoms with Gasteiger partial charge in [0.05, 0.1) is 25.6 Å². The maximum atomic E-state index is 12.0. The summed E-state index contributed by atoms with van der Waals surface area (Å²) in [7, 11) is -1.98. The lowest BCUT2D eigenvalue weighted by Crippen LogP contribution is -2.38. The Morgan fingerprint density at radius 2 is 1.95 bits per heavy atom. The lowest BCUT2D eigenvalue weighted by atomic mass is 10.1. The number of carbonyl (C=O) groups is 1. The third kappa shape index (κ3) is 5.55. The Balaban J connectivity index is 2.82. The third-order valence-electron chi connectivity index (χ3n) is 2.98. The van der Waals surface area contributed by atoms with Crippen molar-refractivity contribution in [2.24, 2.45) is 5.92 Å². The van der Waals surface area contributed by atoms with Crippen molar-refractivity contribution in [2.75, 3.05) is 30.8 Å². The molecule has 0 saturated heterocycles. The van der Waals surface area contributed by atoms with Crippen molar-refractivity contribution in [1.82, 2.24) is 5.32 Å². The maximum absolute atomic E-state index is 12.0. The zero-order valence-electron chi connectivity index (χ0n) is 13.5. The molecule has 1 rings (SSSR count). The van der Waals surface area contributed by atoms with E-state index < -0.39 is 10.0 Å². The van der Waals surface area contributed by atoms with E-state index in [2.05, 4.69) is 5.32 Å². The van der Waals surface area contributed by atoms with Crippen molar-refractivity contribution >= 4 is 21.6 Å². The summed E-state index contributed by atoms with van der Waals surface area (Å²) in [6, 6.07) is 6.89. The minimum absolute atomic E-state index is 0.0801. The molecule has 0 aliphatic rings. The number of rotatable bonds is 8. The highest BCUT2D eigenvalue weighted by Crippen LogP contribution is 2.28. The Kier molecular flexibility index (Phi) is 6.67. The zero-order chi connectivity index (χ0) is 16.8. The Morgan fingerprint density at radius 1 is 1.32 bits per heavy atom. The highest BCUT2D eigenvalue weighted by atomic mass is 32.2. The van der Waals surface area contributed by atoms with E-state index >= 15 is 0 Å². The highest BCUT2D eigenvalue weighted by molar-refractivity contribution is 7.92. The molecular formula is C15H24N2O4S. The first kappa shape index (κ1) is 18.3. The molecule has 0 aromatic heterocycles. The molecule has 0 atom stereocenters. The number of nitrogens with one attached hydrogen (secondary N) is 1. The van der Waals surface area contributed by atoms with Gasteiger partial charge in [0.25, 0.3) is 0 Å². The van der Waals surface area contributed by atoms with E-state index in [9.17, 15) is 13.2 Å². The Hall–Kier alpha value is -1.76. The first-order valence-electron chi connectivity index (χ1n) is 7.13. The minimum Gasteiger partial charge on any atom is -0.495 e. The van der Waals surface area contributed by atoms with Crippen LogP contribution in [0.4, 0.5) is 5.69 Å². The molecule has 1 amide bonds. The van der Waals surface area contributed by atoms with E-state index in [1.165, 1.54) is 11.4 Å². The number of para-hydroxylation sites is 2. The molecule has 6 nitrogen and oxygen atoms in total. The highest BCUT2D eigenvalue weighted by Gasteiger charge is 2.20. The number of hydrogen-bond donors (Lipinski definition) is 1. The molecule has 0 radical (unpaired) electrons. The molecule has 0 bridgehead atoms. The molecule has 1 aromatic carbocycles. The van der Waals surface area contributed by atoms with E-state index in [4.69, 9.17) is 4.74 Å². The molecule has 0 unspecified atom stereocenters. The summed E-state index contributed by atoms with van der Waals surface area (Å²) in [4.78, 5) is 11.6. The van der Waals surface area contributed by atoms with Gasteiger partial charge in [0, 0.05) is 13.0 Å². The summed E-state index contributed by atoms with van der Waals surface area (Å²) >= 11 is 0. The van der Waals surface area contributed by atoms with Crippen LogP contribution < -0.4 is 14.4 Å². The van der Waals surface area contributed by atoms with Crippen LogP contribution in [-0.2, 0) is 14.8 Å². The Labute approximate surface area is 132 Å².